The number of anilines is 2. The van der Waals surface area contributed by atoms with Crippen LogP contribution in [0.15, 0.2) is 60.9 Å². The molecular formula is C34H37FN6O4. The van der Waals surface area contributed by atoms with Crippen molar-refractivity contribution in [2.45, 2.75) is 70.7 Å². The summed E-state index contributed by atoms with van der Waals surface area (Å²) in [6.45, 7) is 8.63. The second-order valence-corrected chi connectivity index (χ2v) is 12.7. The van der Waals surface area contributed by atoms with E-state index in [1.165, 1.54) is 0 Å². The van der Waals surface area contributed by atoms with Gasteiger partial charge in [0, 0.05) is 48.0 Å². The number of pyridine rings is 1. The Balaban J connectivity index is 1.23. The highest BCUT2D eigenvalue weighted by Gasteiger charge is 2.51. The summed E-state index contributed by atoms with van der Waals surface area (Å²) in [5, 5.41) is 7.63. The number of nitrogens with one attached hydrogen (secondary N) is 2. The molecule has 11 heteroatoms. The summed E-state index contributed by atoms with van der Waals surface area (Å²) < 4.78 is 26.4. The zero-order chi connectivity index (χ0) is 31.8. The van der Waals surface area contributed by atoms with E-state index < -0.39 is 17.2 Å². The molecule has 234 valence electrons. The van der Waals surface area contributed by atoms with Crippen LogP contribution >= 0.6 is 0 Å². The van der Waals surface area contributed by atoms with Gasteiger partial charge in [0.15, 0.2) is 5.67 Å². The third-order valence-electron chi connectivity index (χ3n) is 7.86. The summed E-state index contributed by atoms with van der Waals surface area (Å²) in [5.74, 6) is 0.730. The largest absolute Gasteiger partial charge is 0.444 e. The van der Waals surface area contributed by atoms with Crippen molar-refractivity contribution in [2.24, 2.45) is 0 Å². The molecule has 2 N–H and O–H groups in total. The fourth-order valence-electron chi connectivity index (χ4n) is 5.37. The van der Waals surface area contributed by atoms with E-state index in [1.54, 1.807) is 35.5 Å². The third-order valence-corrected chi connectivity index (χ3v) is 7.86. The molecule has 0 unspecified atom stereocenters. The maximum atomic E-state index is 14.4. The molecule has 45 heavy (non-hydrogen) atoms. The average molecular weight is 613 g/mol. The minimum atomic E-state index is -1.78. The molecule has 1 saturated carbocycles. The van der Waals surface area contributed by atoms with Gasteiger partial charge >= 0.3 is 6.09 Å². The van der Waals surface area contributed by atoms with Crippen molar-refractivity contribution in [3.05, 3.63) is 66.5 Å². The van der Waals surface area contributed by atoms with E-state index in [9.17, 15) is 14.0 Å². The van der Waals surface area contributed by atoms with Gasteiger partial charge in [0.1, 0.15) is 11.4 Å². The zero-order valence-electron chi connectivity index (χ0n) is 25.9. The summed E-state index contributed by atoms with van der Waals surface area (Å²) in [6.07, 6.45) is 5.18. The lowest BCUT2D eigenvalue weighted by molar-refractivity contribution is -0.122. The molecule has 0 bridgehead atoms. The third kappa shape index (κ3) is 6.82. The monoisotopic (exact) mass is 612 g/mol. The number of amides is 2. The van der Waals surface area contributed by atoms with Crippen LogP contribution in [0.1, 0.15) is 52.0 Å². The molecule has 2 aliphatic rings. The van der Waals surface area contributed by atoms with Crippen LogP contribution in [0.4, 0.5) is 20.8 Å². The van der Waals surface area contributed by atoms with Gasteiger partial charge in [0.05, 0.1) is 11.3 Å². The molecule has 4 aromatic rings. The first-order valence-corrected chi connectivity index (χ1v) is 15.2. The first kappa shape index (κ1) is 30.2. The molecule has 1 aliphatic carbocycles. The van der Waals surface area contributed by atoms with E-state index in [1.807, 2.05) is 58.0 Å². The topological polar surface area (TPSA) is 119 Å². The fraction of sp³-hybridized carbons (Fsp3) is 0.382. The standard InChI is InChI=1S/C34H37FN6O4/c1-21-12-13-23-24(9-5-11-26(23)39-30(42)34(35)15-16-34)28(21)44-29-25(10-6-17-36-29)27-14-18-37-31(40-27)38-22-8-7-19-41(20-22)32(43)45-33(2,3)4/h5-6,9-14,17-18,22H,7-8,15-16,19-20H2,1-4H3,(H,39,42)(H,37,38,40)/t22-/m0/s1. The molecule has 0 spiro atoms. The number of nitrogens with zero attached hydrogens (tertiary/aromatic N) is 4. The van der Waals surface area contributed by atoms with Crippen molar-refractivity contribution in [3.8, 4) is 22.9 Å². The van der Waals surface area contributed by atoms with Crippen LogP contribution in [0.25, 0.3) is 22.0 Å². The van der Waals surface area contributed by atoms with Gasteiger partial charge < -0.3 is 25.0 Å². The van der Waals surface area contributed by atoms with Gasteiger partial charge in [-0.2, -0.15) is 0 Å². The summed E-state index contributed by atoms with van der Waals surface area (Å²) in [6, 6.07) is 14.7. The molecule has 1 atom stereocenters. The van der Waals surface area contributed by atoms with Gasteiger partial charge in [-0.15, -0.1) is 0 Å². The number of rotatable bonds is 7. The Morgan fingerprint density at radius 3 is 2.62 bits per heavy atom. The second kappa shape index (κ2) is 11.9. The quantitative estimate of drug-likeness (QED) is 0.228. The predicted molar refractivity (Wildman–Crippen MR) is 170 cm³/mol. The maximum absolute atomic E-state index is 14.4. The van der Waals surface area contributed by atoms with Crippen LogP contribution in [-0.2, 0) is 9.53 Å². The number of carbonyl (C=O) groups is 2. The Morgan fingerprint density at radius 2 is 1.84 bits per heavy atom. The first-order chi connectivity index (χ1) is 21.5. The van der Waals surface area contributed by atoms with Crippen LogP contribution in [0, 0.1) is 6.92 Å². The van der Waals surface area contributed by atoms with E-state index in [-0.39, 0.29) is 25.0 Å². The van der Waals surface area contributed by atoms with Gasteiger partial charge in [0.2, 0.25) is 11.8 Å². The Morgan fingerprint density at radius 1 is 1.02 bits per heavy atom. The molecule has 1 saturated heterocycles. The Labute approximate surface area is 261 Å². The lowest BCUT2D eigenvalue weighted by atomic mass is 10.0. The summed E-state index contributed by atoms with van der Waals surface area (Å²) in [5.41, 5.74) is 0.315. The molecule has 2 aromatic carbocycles. The van der Waals surface area contributed by atoms with Gasteiger partial charge in [-0.05, 0) is 83.2 Å². The minimum Gasteiger partial charge on any atom is -0.444 e. The zero-order valence-corrected chi connectivity index (χ0v) is 25.9. The van der Waals surface area contributed by atoms with Crippen LogP contribution in [0.2, 0.25) is 0 Å². The number of carbonyl (C=O) groups excluding carboxylic acids is 2. The van der Waals surface area contributed by atoms with Gasteiger partial charge in [-0.25, -0.2) is 24.1 Å². The van der Waals surface area contributed by atoms with Crippen molar-refractivity contribution in [1.82, 2.24) is 19.9 Å². The Kier molecular flexibility index (Phi) is 8.03. The van der Waals surface area contributed by atoms with E-state index in [0.717, 1.165) is 29.2 Å². The molecule has 6 rings (SSSR count). The number of benzene rings is 2. The molecule has 2 aromatic heterocycles. The predicted octanol–water partition coefficient (Wildman–Crippen LogP) is 7.04. The Hall–Kier alpha value is -4.80. The van der Waals surface area contributed by atoms with Crippen molar-refractivity contribution >= 4 is 34.4 Å². The smallest absolute Gasteiger partial charge is 0.410 e. The van der Waals surface area contributed by atoms with Crippen LogP contribution in [0.3, 0.4) is 0 Å². The highest BCUT2D eigenvalue weighted by Crippen LogP contribution is 2.42. The summed E-state index contributed by atoms with van der Waals surface area (Å²) in [4.78, 5) is 40.6. The van der Waals surface area contributed by atoms with Crippen molar-refractivity contribution in [2.75, 3.05) is 23.7 Å². The van der Waals surface area contributed by atoms with Crippen LogP contribution in [0.5, 0.6) is 11.6 Å². The summed E-state index contributed by atoms with van der Waals surface area (Å²) >= 11 is 0. The molecule has 3 heterocycles. The first-order valence-electron chi connectivity index (χ1n) is 15.2. The number of piperidine rings is 1. The highest BCUT2D eigenvalue weighted by atomic mass is 19.1. The number of likely N-dealkylation sites (tertiary alicyclic amines) is 1. The van der Waals surface area contributed by atoms with Crippen molar-refractivity contribution in [1.29, 1.82) is 0 Å². The van der Waals surface area contributed by atoms with E-state index in [0.29, 0.717) is 47.6 Å². The lowest BCUT2D eigenvalue weighted by Crippen LogP contribution is -2.47. The van der Waals surface area contributed by atoms with E-state index >= 15 is 0 Å². The molecule has 1 aliphatic heterocycles. The lowest BCUT2D eigenvalue weighted by Gasteiger charge is -2.34. The van der Waals surface area contributed by atoms with Crippen LogP contribution < -0.4 is 15.4 Å². The van der Waals surface area contributed by atoms with E-state index in [4.69, 9.17) is 14.5 Å². The number of aryl methyl sites for hydroxylation is 1. The van der Waals surface area contributed by atoms with E-state index in [2.05, 4.69) is 20.6 Å². The number of aromatic nitrogens is 3. The molecule has 2 fully saturated rings. The SMILES string of the molecule is Cc1ccc2c(NC(=O)C3(F)CC3)cccc2c1Oc1ncccc1-c1ccnc(N[C@H]2CCCN(C(=O)OC(C)(C)C)C2)n1. The number of hydrogen-bond acceptors (Lipinski definition) is 8. The molecule has 10 nitrogen and oxygen atoms in total. The van der Waals surface area contributed by atoms with Crippen molar-refractivity contribution < 1.29 is 23.5 Å². The van der Waals surface area contributed by atoms with Gasteiger partial charge in [0.25, 0.3) is 5.91 Å². The number of halogens is 1. The minimum absolute atomic E-state index is 0.0358. The van der Waals surface area contributed by atoms with Gasteiger partial charge in [-0.1, -0.05) is 24.3 Å². The molecular weight excluding hydrogens is 575 g/mol. The number of fused-ring (bicyclic) bond motifs is 1. The second-order valence-electron chi connectivity index (χ2n) is 12.7. The maximum Gasteiger partial charge on any atom is 0.410 e. The summed E-state index contributed by atoms with van der Waals surface area (Å²) in [7, 11) is 0. The number of alkyl halides is 1. The average Bonchev–Trinajstić information content (AvgIpc) is 3.77. The normalized spacial score (nSPS) is 17.4. The molecule has 2 amide bonds. The van der Waals surface area contributed by atoms with Crippen molar-refractivity contribution in [3.63, 3.8) is 0 Å². The Bertz CT molecular complexity index is 1750. The molecule has 0 radical (unpaired) electrons. The number of hydrogen-bond donors (Lipinski definition) is 2. The van der Waals surface area contributed by atoms with Crippen LogP contribution in [-0.4, -0.2) is 62.3 Å². The number of ether oxygens (including phenoxy) is 2. The van der Waals surface area contributed by atoms with Gasteiger partial charge in [-0.3, -0.25) is 4.79 Å². The fourth-order valence-corrected chi connectivity index (χ4v) is 5.37. The highest BCUT2D eigenvalue weighted by molar-refractivity contribution is 6.07.